The molecule has 0 unspecified atom stereocenters. The van der Waals surface area contributed by atoms with Crippen molar-refractivity contribution >= 4 is 28.8 Å². The van der Waals surface area contributed by atoms with Crippen molar-refractivity contribution in [2.24, 2.45) is 4.99 Å². The van der Waals surface area contributed by atoms with Crippen LogP contribution in [-0.4, -0.2) is 25.2 Å². The Labute approximate surface area is 123 Å². The largest absolute Gasteiger partial charge is 0.381 e. The summed E-state index contributed by atoms with van der Waals surface area (Å²) in [6, 6.07) is 0. The molecule has 2 rings (SSSR count). The topological polar surface area (TPSA) is 15.6 Å². The van der Waals surface area contributed by atoms with Crippen molar-refractivity contribution < 1.29 is 0 Å². The van der Waals surface area contributed by atoms with E-state index in [0.29, 0.717) is 0 Å². The fourth-order valence-electron chi connectivity index (χ4n) is 2.00. The van der Waals surface area contributed by atoms with E-state index in [1.54, 1.807) is 0 Å². The Kier molecular flexibility index (Phi) is 4.80. The quantitative estimate of drug-likeness (QED) is 0.547. The summed E-state index contributed by atoms with van der Waals surface area (Å²) in [5, 5.41) is 0. The predicted octanol–water partition coefficient (Wildman–Crippen LogP) is 4.22. The third-order valence-electron chi connectivity index (χ3n) is 3.21. The summed E-state index contributed by atoms with van der Waals surface area (Å²) < 4.78 is 1.42. The molecule has 2 aliphatic rings. The monoisotopic (exact) mass is 354 g/mol. The van der Waals surface area contributed by atoms with Gasteiger partial charge in [0.25, 0.3) is 0 Å². The lowest BCUT2D eigenvalue weighted by atomic mass is 10.0. The van der Waals surface area contributed by atoms with Crippen LogP contribution in [0.15, 0.2) is 49.8 Å². The maximum absolute atomic E-state index is 4.59. The Hall–Kier alpha value is -0.840. The van der Waals surface area contributed by atoms with Crippen LogP contribution in [0.5, 0.6) is 0 Å². The van der Waals surface area contributed by atoms with Crippen LogP contribution < -0.4 is 0 Å². The molecule has 2 nitrogen and oxygen atoms in total. The fraction of sp³-hybridized carbons (Fsp3) is 0.400. The van der Waals surface area contributed by atoms with E-state index in [0.717, 1.165) is 25.7 Å². The van der Waals surface area contributed by atoms with E-state index in [-0.39, 0.29) is 0 Å². The van der Waals surface area contributed by atoms with Gasteiger partial charge in [0.1, 0.15) is 0 Å². The minimum Gasteiger partial charge on any atom is -0.381 e. The van der Waals surface area contributed by atoms with Crippen molar-refractivity contribution in [1.29, 1.82) is 0 Å². The van der Waals surface area contributed by atoms with Crippen molar-refractivity contribution in [2.75, 3.05) is 14.1 Å². The molecule has 0 radical (unpaired) electrons. The zero-order chi connectivity index (χ0) is 13.0. The fourth-order valence-corrected chi connectivity index (χ4v) is 2.45. The molecular weight excluding hydrogens is 335 g/mol. The Morgan fingerprint density at radius 2 is 1.89 bits per heavy atom. The van der Waals surface area contributed by atoms with E-state index in [1.165, 1.54) is 20.5 Å². The molecule has 0 N–H and O–H groups in total. The molecule has 0 atom stereocenters. The van der Waals surface area contributed by atoms with E-state index >= 15 is 0 Å². The summed E-state index contributed by atoms with van der Waals surface area (Å²) in [7, 11) is 4.19. The van der Waals surface area contributed by atoms with Crippen molar-refractivity contribution in [1.82, 2.24) is 4.90 Å². The summed E-state index contributed by atoms with van der Waals surface area (Å²) in [5.74, 6) is 0. The highest BCUT2D eigenvalue weighted by molar-refractivity contribution is 14.1. The molecule has 3 heteroatoms. The lowest BCUT2D eigenvalue weighted by Crippen LogP contribution is -2.12. The number of rotatable bonds is 3. The first kappa shape index (κ1) is 13.6. The minimum atomic E-state index is 1.07. The number of allylic oxidation sites excluding steroid dienone is 8. The number of halogens is 1. The third kappa shape index (κ3) is 3.83. The number of nitrogens with zero attached hydrogens (tertiary/aromatic N) is 2. The lowest BCUT2D eigenvalue weighted by molar-refractivity contribution is 0.485. The molecule has 0 aromatic carbocycles. The first-order chi connectivity index (χ1) is 8.65. The highest BCUT2D eigenvalue weighted by Gasteiger charge is 2.07. The zero-order valence-electron chi connectivity index (χ0n) is 11.0. The standard InChI is InChI=1S/C15H19IN2/c1-18(2)15-9-3-12(4-10-15)11-17-14-7-5-13(16)6-8-14/h3,5,7,9,11H,4,6,8,10H2,1-2H3/b17-11+. The molecule has 0 aromatic rings. The van der Waals surface area contributed by atoms with E-state index in [1.807, 2.05) is 6.21 Å². The van der Waals surface area contributed by atoms with Crippen molar-refractivity contribution in [3.63, 3.8) is 0 Å². The molecule has 0 aromatic heterocycles. The summed E-state index contributed by atoms with van der Waals surface area (Å²) in [5.41, 5.74) is 3.91. The molecular formula is C15H19IN2. The van der Waals surface area contributed by atoms with Crippen molar-refractivity contribution in [3.8, 4) is 0 Å². The number of hydrogen-bond donors (Lipinski definition) is 0. The highest BCUT2D eigenvalue weighted by atomic mass is 127. The molecule has 18 heavy (non-hydrogen) atoms. The van der Waals surface area contributed by atoms with Gasteiger partial charge in [-0.1, -0.05) is 12.2 Å². The average Bonchev–Trinajstić information content (AvgIpc) is 2.38. The van der Waals surface area contributed by atoms with Crippen LogP contribution in [0.25, 0.3) is 0 Å². The summed E-state index contributed by atoms with van der Waals surface area (Å²) in [6.07, 6.45) is 15.1. The van der Waals surface area contributed by atoms with Gasteiger partial charge in [-0.05, 0) is 69.6 Å². The van der Waals surface area contributed by atoms with Gasteiger partial charge >= 0.3 is 0 Å². The predicted molar refractivity (Wildman–Crippen MR) is 87.0 cm³/mol. The molecule has 0 saturated heterocycles. The van der Waals surface area contributed by atoms with Gasteiger partial charge in [0.2, 0.25) is 0 Å². The van der Waals surface area contributed by atoms with Gasteiger partial charge in [0, 0.05) is 31.7 Å². The number of aliphatic imine (C=N–C) groups is 1. The van der Waals surface area contributed by atoms with Crippen molar-refractivity contribution in [2.45, 2.75) is 25.7 Å². The van der Waals surface area contributed by atoms with Crippen LogP contribution in [-0.2, 0) is 0 Å². The summed E-state index contributed by atoms with van der Waals surface area (Å²) >= 11 is 2.39. The molecule has 0 fully saturated rings. The van der Waals surface area contributed by atoms with Crippen LogP contribution in [0.3, 0.4) is 0 Å². The van der Waals surface area contributed by atoms with Gasteiger partial charge in [0.05, 0.1) is 0 Å². The van der Waals surface area contributed by atoms with Gasteiger partial charge in [-0.25, -0.2) is 0 Å². The number of hydrogen-bond acceptors (Lipinski definition) is 2. The van der Waals surface area contributed by atoms with Crippen LogP contribution in [0.2, 0.25) is 0 Å². The van der Waals surface area contributed by atoms with Crippen LogP contribution >= 0.6 is 22.6 Å². The van der Waals surface area contributed by atoms with Crippen molar-refractivity contribution in [3.05, 3.63) is 44.9 Å². The summed E-state index contributed by atoms with van der Waals surface area (Å²) in [6.45, 7) is 0. The molecule has 2 aliphatic carbocycles. The molecule has 0 heterocycles. The molecule has 0 amide bonds. The molecule has 96 valence electrons. The van der Waals surface area contributed by atoms with Gasteiger partial charge in [-0.15, -0.1) is 0 Å². The highest BCUT2D eigenvalue weighted by Crippen LogP contribution is 2.24. The Balaban J connectivity index is 1.99. The van der Waals surface area contributed by atoms with Gasteiger partial charge < -0.3 is 4.90 Å². The van der Waals surface area contributed by atoms with Crippen LogP contribution in [0, 0.1) is 0 Å². The second-order valence-electron chi connectivity index (χ2n) is 4.82. The van der Waals surface area contributed by atoms with Crippen LogP contribution in [0.4, 0.5) is 0 Å². The van der Waals surface area contributed by atoms with E-state index in [2.05, 4.69) is 70.9 Å². The molecule has 0 spiro atoms. The SMILES string of the molecule is CN(C)C1=CC=C(/C=N/C2=CC=C(I)CC2)CC1. The molecule has 0 saturated carbocycles. The van der Waals surface area contributed by atoms with Gasteiger partial charge in [-0.2, -0.15) is 0 Å². The minimum absolute atomic E-state index is 1.07. The maximum atomic E-state index is 4.59. The smallest absolute Gasteiger partial charge is 0.0407 e. The average molecular weight is 354 g/mol. The van der Waals surface area contributed by atoms with E-state index < -0.39 is 0 Å². The van der Waals surface area contributed by atoms with Crippen LogP contribution in [0.1, 0.15) is 25.7 Å². The van der Waals surface area contributed by atoms with Gasteiger partial charge in [-0.3, -0.25) is 4.99 Å². The normalized spacial score (nSPS) is 20.2. The Morgan fingerprint density at radius 3 is 2.44 bits per heavy atom. The lowest BCUT2D eigenvalue weighted by Gasteiger charge is -2.19. The third-order valence-corrected chi connectivity index (χ3v) is 4.11. The maximum Gasteiger partial charge on any atom is 0.0407 e. The second kappa shape index (κ2) is 6.36. The Morgan fingerprint density at radius 1 is 1.06 bits per heavy atom. The summed E-state index contributed by atoms with van der Waals surface area (Å²) in [4.78, 5) is 6.77. The molecule has 0 bridgehead atoms. The van der Waals surface area contributed by atoms with E-state index in [4.69, 9.17) is 0 Å². The second-order valence-corrected chi connectivity index (χ2v) is 6.21. The Bertz CT molecular complexity index is 465. The van der Waals surface area contributed by atoms with Gasteiger partial charge in [0.15, 0.2) is 0 Å². The van der Waals surface area contributed by atoms with E-state index in [9.17, 15) is 0 Å². The first-order valence-corrected chi connectivity index (χ1v) is 7.39. The first-order valence-electron chi connectivity index (χ1n) is 6.31. The molecule has 0 aliphatic heterocycles. The zero-order valence-corrected chi connectivity index (χ0v) is 13.1.